The van der Waals surface area contributed by atoms with Gasteiger partial charge in [-0.05, 0) is 13.0 Å². The number of benzene rings is 1. The van der Waals surface area contributed by atoms with Gasteiger partial charge in [0.05, 0.1) is 16.2 Å². The first-order chi connectivity index (χ1) is 10.1. The molecule has 0 atom stereocenters. The summed E-state index contributed by atoms with van der Waals surface area (Å²) in [5, 5.41) is 23.4. The van der Waals surface area contributed by atoms with Crippen LogP contribution in [0.15, 0.2) is 35.7 Å². The standard InChI is InChI=1S/C13H11N5O2S/c1-8-6-12(17-16-8)15-13-14-10(7-21-13)9-4-2-3-5-11(9)18(19)20/h2-7H,1H3,(H2,14,15,16,17). The lowest BCUT2D eigenvalue weighted by Gasteiger charge is -1.99. The molecule has 0 bridgehead atoms. The highest BCUT2D eigenvalue weighted by atomic mass is 32.1. The van der Waals surface area contributed by atoms with Gasteiger partial charge in [-0.15, -0.1) is 11.3 Å². The average Bonchev–Trinajstić information content (AvgIpc) is 3.08. The number of thiazole rings is 1. The molecular weight excluding hydrogens is 290 g/mol. The van der Waals surface area contributed by atoms with Gasteiger partial charge < -0.3 is 5.32 Å². The second-order valence-electron chi connectivity index (χ2n) is 4.37. The van der Waals surface area contributed by atoms with Crippen molar-refractivity contribution >= 4 is 28.0 Å². The van der Waals surface area contributed by atoms with Crippen molar-refractivity contribution in [1.29, 1.82) is 0 Å². The Kier molecular flexibility index (Phi) is 3.36. The molecule has 0 spiro atoms. The molecule has 8 heteroatoms. The summed E-state index contributed by atoms with van der Waals surface area (Å²) in [5.74, 6) is 0.663. The predicted octanol–water partition coefficient (Wildman–Crippen LogP) is 3.49. The van der Waals surface area contributed by atoms with Crippen LogP contribution in [0, 0.1) is 17.0 Å². The Bertz CT molecular complexity index is 795. The number of aromatic nitrogens is 3. The molecule has 2 aromatic heterocycles. The Morgan fingerprint density at radius 2 is 2.19 bits per heavy atom. The summed E-state index contributed by atoms with van der Waals surface area (Å²) in [6.45, 7) is 1.90. The summed E-state index contributed by atoms with van der Waals surface area (Å²) in [7, 11) is 0. The van der Waals surface area contributed by atoms with Crippen LogP contribution in [0.4, 0.5) is 16.6 Å². The normalized spacial score (nSPS) is 10.5. The van der Waals surface area contributed by atoms with Crippen LogP contribution in [0.1, 0.15) is 5.69 Å². The lowest BCUT2D eigenvalue weighted by molar-refractivity contribution is -0.384. The number of aromatic amines is 1. The van der Waals surface area contributed by atoms with Crippen LogP contribution in [0.25, 0.3) is 11.3 Å². The number of rotatable bonds is 4. The second kappa shape index (κ2) is 5.33. The van der Waals surface area contributed by atoms with Gasteiger partial charge in [-0.1, -0.05) is 12.1 Å². The molecule has 2 N–H and O–H groups in total. The molecule has 0 saturated carbocycles. The van der Waals surface area contributed by atoms with E-state index in [0.29, 0.717) is 22.2 Å². The van der Waals surface area contributed by atoms with Crippen molar-refractivity contribution in [3.8, 4) is 11.3 Å². The molecule has 0 fully saturated rings. The van der Waals surface area contributed by atoms with Crippen LogP contribution in [-0.2, 0) is 0 Å². The highest BCUT2D eigenvalue weighted by molar-refractivity contribution is 7.14. The topological polar surface area (TPSA) is 96.7 Å². The van der Waals surface area contributed by atoms with E-state index in [1.807, 2.05) is 13.0 Å². The quantitative estimate of drug-likeness (QED) is 0.568. The minimum atomic E-state index is -0.404. The first-order valence-electron chi connectivity index (χ1n) is 6.12. The van der Waals surface area contributed by atoms with Crippen molar-refractivity contribution < 1.29 is 4.92 Å². The summed E-state index contributed by atoms with van der Waals surface area (Å²) >= 11 is 1.37. The molecule has 1 aromatic carbocycles. The van der Waals surface area contributed by atoms with Gasteiger partial charge in [0, 0.05) is 23.2 Å². The first kappa shape index (κ1) is 13.3. The number of aryl methyl sites for hydroxylation is 1. The fourth-order valence-electron chi connectivity index (χ4n) is 1.90. The van der Waals surface area contributed by atoms with Gasteiger partial charge in [0.25, 0.3) is 5.69 Å². The number of nitro groups is 1. The lowest BCUT2D eigenvalue weighted by Crippen LogP contribution is -1.93. The monoisotopic (exact) mass is 301 g/mol. The van der Waals surface area contributed by atoms with Crippen molar-refractivity contribution in [2.24, 2.45) is 0 Å². The maximum absolute atomic E-state index is 11.0. The number of nitrogens with one attached hydrogen (secondary N) is 2. The molecule has 0 aliphatic carbocycles. The number of para-hydroxylation sites is 1. The lowest BCUT2D eigenvalue weighted by atomic mass is 10.1. The van der Waals surface area contributed by atoms with E-state index >= 15 is 0 Å². The third kappa shape index (κ3) is 2.75. The van der Waals surface area contributed by atoms with E-state index < -0.39 is 4.92 Å². The number of H-pyrrole nitrogens is 1. The number of hydrogen-bond donors (Lipinski definition) is 2. The molecule has 0 radical (unpaired) electrons. The van der Waals surface area contributed by atoms with Gasteiger partial charge in [0.2, 0.25) is 0 Å². The van der Waals surface area contributed by atoms with Gasteiger partial charge in [0.15, 0.2) is 10.9 Å². The van der Waals surface area contributed by atoms with Crippen LogP contribution in [0.3, 0.4) is 0 Å². The summed E-state index contributed by atoms with van der Waals surface area (Å²) in [6, 6.07) is 8.41. The van der Waals surface area contributed by atoms with E-state index in [1.165, 1.54) is 17.4 Å². The molecule has 106 valence electrons. The van der Waals surface area contributed by atoms with Gasteiger partial charge in [-0.25, -0.2) is 4.98 Å². The Balaban J connectivity index is 1.90. The summed E-state index contributed by atoms with van der Waals surface area (Å²) < 4.78 is 0. The van der Waals surface area contributed by atoms with Gasteiger partial charge in [-0.2, -0.15) is 5.10 Å². The molecule has 7 nitrogen and oxygen atoms in total. The van der Waals surface area contributed by atoms with Crippen molar-refractivity contribution in [3.63, 3.8) is 0 Å². The number of nitro benzene ring substituents is 1. The van der Waals surface area contributed by atoms with E-state index in [0.717, 1.165) is 5.69 Å². The van der Waals surface area contributed by atoms with Crippen LogP contribution in [0.2, 0.25) is 0 Å². The Morgan fingerprint density at radius 1 is 1.38 bits per heavy atom. The third-order valence-electron chi connectivity index (χ3n) is 2.82. The second-order valence-corrected chi connectivity index (χ2v) is 5.23. The van der Waals surface area contributed by atoms with Crippen LogP contribution in [-0.4, -0.2) is 20.1 Å². The average molecular weight is 301 g/mol. The maximum atomic E-state index is 11.0. The fourth-order valence-corrected chi connectivity index (χ4v) is 2.61. The first-order valence-corrected chi connectivity index (χ1v) is 7.00. The molecule has 2 heterocycles. The van der Waals surface area contributed by atoms with Crippen LogP contribution < -0.4 is 5.32 Å². The number of anilines is 2. The number of nitrogens with zero attached hydrogens (tertiary/aromatic N) is 3. The van der Waals surface area contributed by atoms with E-state index in [-0.39, 0.29) is 5.69 Å². The zero-order valence-corrected chi connectivity index (χ0v) is 11.8. The van der Waals surface area contributed by atoms with Gasteiger partial charge in [-0.3, -0.25) is 15.2 Å². The largest absolute Gasteiger partial charge is 0.315 e. The highest BCUT2D eigenvalue weighted by Gasteiger charge is 2.16. The Hall–Kier alpha value is -2.74. The molecule has 0 saturated heterocycles. The molecule has 21 heavy (non-hydrogen) atoms. The number of hydrogen-bond acceptors (Lipinski definition) is 6. The van der Waals surface area contributed by atoms with E-state index in [4.69, 9.17) is 0 Å². The molecule has 0 unspecified atom stereocenters. The van der Waals surface area contributed by atoms with Gasteiger partial charge in [0.1, 0.15) is 0 Å². The fraction of sp³-hybridized carbons (Fsp3) is 0.0769. The van der Waals surface area contributed by atoms with Crippen molar-refractivity contribution in [2.75, 3.05) is 5.32 Å². The van der Waals surface area contributed by atoms with E-state index in [2.05, 4.69) is 20.5 Å². The van der Waals surface area contributed by atoms with Crippen molar-refractivity contribution in [1.82, 2.24) is 15.2 Å². The van der Waals surface area contributed by atoms with Crippen molar-refractivity contribution in [3.05, 3.63) is 51.5 Å². The molecule has 0 aliphatic rings. The molecule has 0 amide bonds. The Morgan fingerprint density at radius 3 is 2.90 bits per heavy atom. The maximum Gasteiger partial charge on any atom is 0.278 e. The van der Waals surface area contributed by atoms with Crippen molar-refractivity contribution in [2.45, 2.75) is 6.92 Å². The predicted molar refractivity (Wildman–Crippen MR) is 80.8 cm³/mol. The molecular formula is C13H11N5O2S. The Labute approximate surface area is 123 Å². The molecule has 3 rings (SSSR count). The molecule has 3 aromatic rings. The summed E-state index contributed by atoms with van der Waals surface area (Å²) in [5.41, 5.74) is 2.06. The minimum absolute atomic E-state index is 0.0463. The zero-order valence-electron chi connectivity index (χ0n) is 11.0. The van der Waals surface area contributed by atoms with Crippen LogP contribution in [0.5, 0.6) is 0 Å². The SMILES string of the molecule is Cc1cc(Nc2nc(-c3ccccc3[N+](=O)[O-])cs2)n[nH]1. The highest BCUT2D eigenvalue weighted by Crippen LogP contribution is 2.32. The van der Waals surface area contributed by atoms with Crippen LogP contribution >= 0.6 is 11.3 Å². The van der Waals surface area contributed by atoms with E-state index in [9.17, 15) is 10.1 Å². The third-order valence-corrected chi connectivity index (χ3v) is 3.58. The molecule has 0 aliphatic heterocycles. The minimum Gasteiger partial charge on any atom is -0.315 e. The summed E-state index contributed by atoms with van der Waals surface area (Å²) in [4.78, 5) is 15.0. The van der Waals surface area contributed by atoms with Gasteiger partial charge >= 0.3 is 0 Å². The van der Waals surface area contributed by atoms with E-state index in [1.54, 1.807) is 23.6 Å². The summed E-state index contributed by atoms with van der Waals surface area (Å²) in [6.07, 6.45) is 0. The zero-order chi connectivity index (χ0) is 14.8. The smallest absolute Gasteiger partial charge is 0.278 e.